The third-order valence-corrected chi connectivity index (χ3v) is 4.66. The van der Waals surface area contributed by atoms with Gasteiger partial charge < -0.3 is 20.3 Å². The number of hydrogen-bond acceptors (Lipinski definition) is 6. The number of aryl methyl sites for hydroxylation is 1. The van der Waals surface area contributed by atoms with E-state index in [4.69, 9.17) is 10.5 Å². The molecule has 2 fully saturated rings. The Kier molecular flexibility index (Phi) is 4.77. The highest BCUT2D eigenvalue weighted by atomic mass is 16.5. The largest absolute Gasteiger partial charge is 0.369 e. The van der Waals surface area contributed by atoms with Crippen molar-refractivity contribution in [2.24, 2.45) is 11.7 Å². The molecule has 7 heteroatoms. The molecule has 2 aliphatic heterocycles. The summed E-state index contributed by atoms with van der Waals surface area (Å²) in [5, 5.41) is 0. The van der Waals surface area contributed by atoms with Crippen LogP contribution in [0.5, 0.6) is 0 Å². The first-order chi connectivity index (χ1) is 11.0. The predicted octanol–water partition coefficient (Wildman–Crippen LogP) is 0.490. The minimum absolute atomic E-state index is 0.00245. The molecule has 1 amide bonds. The van der Waals surface area contributed by atoms with Crippen LogP contribution >= 0.6 is 0 Å². The number of morpholine rings is 1. The van der Waals surface area contributed by atoms with Crippen molar-refractivity contribution in [3.8, 4) is 0 Å². The van der Waals surface area contributed by atoms with E-state index in [0.29, 0.717) is 0 Å². The second-order valence-electron chi connectivity index (χ2n) is 6.48. The van der Waals surface area contributed by atoms with Gasteiger partial charge in [0.25, 0.3) is 0 Å². The lowest BCUT2D eigenvalue weighted by molar-refractivity contribution is -0.122. The fraction of sp³-hybridized carbons (Fsp3) is 0.688. The van der Waals surface area contributed by atoms with Crippen molar-refractivity contribution in [1.29, 1.82) is 0 Å². The monoisotopic (exact) mass is 319 g/mol. The average molecular weight is 319 g/mol. The van der Waals surface area contributed by atoms with Gasteiger partial charge in [0.2, 0.25) is 5.91 Å². The van der Waals surface area contributed by atoms with Crippen LogP contribution in [0.4, 0.5) is 5.82 Å². The van der Waals surface area contributed by atoms with E-state index in [0.717, 1.165) is 63.0 Å². The first-order valence-electron chi connectivity index (χ1n) is 8.23. The van der Waals surface area contributed by atoms with E-state index in [1.165, 1.54) is 0 Å². The van der Waals surface area contributed by atoms with Gasteiger partial charge in [0, 0.05) is 38.2 Å². The summed E-state index contributed by atoms with van der Waals surface area (Å²) in [7, 11) is 2.10. The molecule has 2 aliphatic rings. The normalized spacial score (nSPS) is 23.9. The van der Waals surface area contributed by atoms with E-state index in [-0.39, 0.29) is 17.9 Å². The summed E-state index contributed by atoms with van der Waals surface area (Å²) >= 11 is 0. The van der Waals surface area contributed by atoms with E-state index in [1.54, 1.807) is 0 Å². The number of aromatic nitrogens is 2. The molecule has 0 radical (unpaired) electrons. The summed E-state index contributed by atoms with van der Waals surface area (Å²) in [6.45, 7) is 6.04. The number of likely N-dealkylation sites (N-methyl/N-ethyl adjacent to an activating group) is 1. The predicted molar refractivity (Wildman–Crippen MR) is 87.1 cm³/mol. The Morgan fingerprint density at radius 3 is 2.70 bits per heavy atom. The molecule has 2 saturated heterocycles. The summed E-state index contributed by atoms with van der Waals surface area (Å²) in [4.78, 5) is 24.9. The molecule has 1 aromatic rings. The molecule has 1 aromatic heterocycles. The van der Waals surface area contributed by atoms with Crippen LogP contribution in [0.15, 0.2) is 6.07 Å². The van der Waals surface area contributed by atoms with Crippen LogP contribution in [0.2, 0.25) is 0 Å². The van der Waals surface area contributed by atoms with Gasteiger partial charge in [-0.1, -0.05) is 0 Å². The summed E-state index contributed by atoms with van der Waals surface area (Å²) in [6, 6.07) is 2.03. The zero-order valence-corrected chi connectivity index (χ0v) is 13.9. The Morgan fingerprint density at radius 2 is 2.04 bits per heavy atom. The lowest BCUT2D eigenvalue weighted by Crippen LogP contribution is -2.39. The SMILES string of the molecule is Cc1nc([C@H]2CN(C)CCO2)cc(N2CCC(C(N)=O)CC2)n1. The van der Waals surface area contributed by atoms with Crippen molar-refractivity contribution in [2.75, 3.05) is 44.7 Å². The smallest absolute Gasteiger partial charge is 0.220 e. The molecule has 0 aromatic carbocycles. The first kappa shape index (κ1) is 16.1. The van der Waals surface area contributed by atoms with Gasteiger partial charge >= 0.3 is 0 Å². The zero-order chi connectivity index (χ0) is 16.4. The molecule has 126 valence electrons. The number of nitrogens with two attached hydrogens (primary N) is 1. The number of primary amides is 1. The van der Waals surface area contributed by atoms with Gasteiger partial charge in [-0.25, -0.2) is 9.97 Å². The van der Waals surface area contributed by atoms with Gasteiger partial charge in [0.05, 0.1) is 12.3 Å². The standard InChI is InChI=1S/C16H25N5O2/c1-11-18-13(14-10-20(2)7-8-23-14)9-15(19-11)21-5-3-12(4-6-21)16(17)22/h9,12,14H,3-8,10H2,1-2H3,(H2,17,22)/t14-/m1/s1. The van der Waals surface area contributed by atoms with E-state index in [9.17, 15) is 4.79 Å². The summed E-state index contributed by atoms with van der Waals surface area (Å²) < 4.78 is 5.87. The maximum absolute atomic E-state index is 11.3. The van der Waals surface area contributed by atoms with Crippen molar-refractivity contribution in [2.45, 2.75) is 25.9 Å². The van der Waals surface area contributed by atoms with Crippen molar-refractivity contribution >= 4 is 11.7 Å². The van der Waals surface area contributed by atoms with Crippen LogP contribution < -0.4 is 10.6 Å². The molecule has 2 N–H and O–H groups in total. The van der Waals surface area contributed by atoms with Crippen molar-refractivity contribution in [3.63, 3.8) is 0 Å². The number of amides is 1. The summed E-state index contributed by atoms with van der Waals surface area (Å²) in [5.41, 5.74) is 6.35. The molecular formula is C16H25N5O2. The molecule has 0 spiro atoms. The lowest BCUT2D eigenvalue weighted by atomic mass is 9.96. The number of anilines is 1. The molecule has 0 unspecified atom stereocenters. The van der Waals surface area contributed by atoms with E-state index in [1.807, 2.05) is 13.0 Å². The molecular weight excluding hydrogens is 294 g/mol. The van der Waals surface area contributed by atoms with E-state index in [2.05, 4.69) is 26.8 Å². The number of nitrogens with zero attached hydrogens (tertiary/aromatic N) is 4. The Morgan fingerprint density at radius 1 is 1.30 bits per heavy atom. The van der Waals surface area contributed by atoms with Crippen molar-refractivity contribution < 1.29 is 9.53 Å². The first-order valence-corrected chi connectivity index (χ1v) is 8.23. The Bertz CT molecular complexity index is 572. The zero-order valence-electron chi connectivity index (χ0n) is 13.9. The Hall–Kier alpha value is -1.73. The number of rotatable bonds is 3. The second-order valence-corrected chi connectivity index (χ2v) is 6.48. The molecule has 0 saturated carbocycles. The maximum Gasteiger partial charge on any atom is 0.220 e. The second kappa shape index (κ2) is 6.80. The maximum atomic E-state index is 11.3. The van der Waals surface area contributed by atoms with Gasteiger partial charge in [0.1, 0.15) is 17.7 Å². The van der Waals surface area contributed by atoms with Crippen LogP contribution in [0, 0.1) is 12.8 Å². The van der Waals surface area contributed by atoms with E-state index < -0.39 is 0 Å². The van der Waals surface area contributed by atoms with Crippen molar-refractivity contribution in [1.82, 2.24) is 14.9 Å². The number of hydrogen-bond donors (Lipinski definition) is 1. The van der Waals surface area contributed by atoms with Crippen LogP contribution in [0.25, 0.3) is 0 Å². The highest BCUT2D eigenvalue weighted by Gasteiger charge is 2.26. The average Bonchev–Trinajstić information content (AvgIpc) is 2.54. The van der Waals surface area contributed by atoms with Gasteiger partial charge in [-0.3, -0.25) is 4.79 Å². The van der Waals surface area contributed by atoms with Gasteiger partial charge in [-0.2, -0.15) is 0 Å². The van der Waals surface area contributed by atoms with Crippen LogP contribution in [-0.4, -0.2) is 60.6 Å². The minimum Gasteiger partial charge on any atom is -0.369 e. The molecule has 0 bridgehead atoms. The number of carbonyl (C=O) groups is 1. The summed E-state index contributed by atoms with van der Waals surface area (Å²) in [5.74, 6) is 1.48. The van der Waals surface area contributed by atoms with Crippen molar-refractivity contribution in [3.05, 3.63) is 17.6 Å². The van der Waals surface area contributed by atoms with Gasteiger partial charge in [-0.15, -0.1) is 0 Å². The Balaban J connectivity index is 1.74. The minimum atomic E-state index is -0.192. The van der Waals surface area contributed by atoms with Gasteiger partial charge in [-0.05, 0) is 26.8 Å². The molecule has 3 heterocycles. The lowest BCUT2D eigenvalue weighted by Gasteiger charge is -2.33. The Labute approximate surface area is 136 Å². The fourth-order valence-corrected chi connectivity index (χ4v) is 3.25. The molecule has 7 nitrogen and oxygen atoms in total. The number of carbonyl (C=O) groups excluding carboxylic acids is 1. The number of piperidine rings is 1. The molecule has 23 heavy (non-hydrogen) atoms. The number of ether oxygens (including phenoxy) is 1. The van der Waals surface area contributed by atoms with Crippen LogP contribution in [0.1, 0.15) is 30.5 Å². The third-order valence-electron chi connectivity index (χ3n) is 4.66. The highest BCUT2D eigenvalue weighted by molar-refractivity contribution is 5.76. The molecule has 3 rings (SSSR count). The summed E-state index contributed by atoms with van der Waals surface area (Å²) in [6.07, 6.45) is 1.57. The topological polar surface area (TPSA) is 84.6 Å². The van der Waals surface area contributed by atoms with Gasteiger partial charge in [0.15, 0.2) is 0 Å². The van der Waals surface area contributed by atoms with Crippen LogP contribution in [-0.2, 0) is 9.53 Å². The quantitative estimate of drug-likeness (QED) is 0.873. The fourth-order valence-electron chi connectivity index (χ4n) is 3.25. The highest BCUT2D eigenvalue weighted by Crippen LogP contribution is 2.26. The molecule has 1 atom stereocenters. The van der Waals surface area contributed by atoms with Crippen LogP contribution in [0.3, 0.4) is 0 Å². The third kappa shape index (κ3) is 3.79. The van der Waals surface area contributed by atoms with E-state index >= 15 is 0 Å². The molecule has 0 aliphatic carbocycles.